The zero-order valence-electron chi connectivity index (χ0n) is 17.0. The number of nitrogens with one attached hydrogen (secondary N) is 1. The highest BCUT2D eigenvalue weighted by Crippen LogP contribution is 2.24. The van der Waals surface area contributed by atoms with Gasteiger partial charge in [0.15, 0.2) is 5.16 Å². The van der Waals surface area contributed by atoms with E-state index in [2.05, 4.69) is 20.5 Å². The zero-order chi connectivity index (χ0) is 21.8. The number of halogens is 2. The van der Waals surface area contributed by atoms with Crippen LogP contribution in [0.3, 0.4) is 0 Å². The summed E-state index contributed by atoms with van der Waals surface area (Å²) in [5.41, 5.74) is 7.66. The van der Waals surface area contributed by atoms with Crippen molar-refractivity contribution in [3.05, 3.63) is 69.5 Å². The van der Waals surface area contributed by atoms with Gasteiger partial charge < -0.3 is 4.57 Å². The molecule has 1 N–H and O–H groups in total. The largest absolute Gasteiger partial charge is 0.318 e. The van der Waals surface area contributed by atoms with Gasteiger partial charge in [-0.15, -0.1) is 0 Å². The normalized spacial score (nSPS) is 11.3. The number of hydrogen-bond acceptors (Lipinski definition) is 5. The van der Waals surface area contributed by atoms with Gasteiger partial charge in [-0.2, -0.15) is 5.10 Å². The summed E-state index contributed by atoms with van der Waals surface area (Å²) in [5.74, 6) is -0.553. The predicted octanol–water partition coefficient (Wildman–Crippen LogP) is 4.54. The summed E-state index contributed by atoms with van der Waals surface area (Å²) in [7, 11) is 0. The number of benzene rings is 1. The molecule has 0 aliphatic heterocycles. The second-order valence-corrected chi connectivity index (χ2v) is 8.13. The Morgan fingerprint density at radius 2 is 1.90 bits per heavy atom. The molecule has 0 aliphatic carbocycles. The van der Waals surface area contributed by atoms with Crippen LogP contribution in [0, 0.1) is 33.5 Å². The third-order valence-corrected chi connectivity index (χ3v) is 5.46. The first-order valence-corrected chi connectivity index (χ1v) is 10.5. The molecule has 1 amide bonds. The number of thioether (sulfide) groups is 1. The summed E-state index contributed by atoms with van der Waals surface area (Å²) in [6.07, 6.45) is 1.58. The van der Waals surface area contributed by atoms with Crippen molar-refractivity contribution >= 4 is 35.5 Å². The molecule has 3 aromatic rings. The quantitative estimate of drug-likeness (QED) is 0.262. The van der Waals surface area contributed by atoms with E-state index < -0.39 is 5.82 Å². The summed E-state index contributed by atoms with van der Waals surface area (Å²) in [4.78, 5) is 20.7. The molecule has 3 rings (SSSR count). The van der Waals surface area contributed by atoms with E-state index in [0.29, 0.717) is 5.16 Å². The van der Waals surface area contributed by atoms with Crippen LogP contribution in [0.5, 0.6) is 0 Å². The zero-order valence-corrected chi connectivity index (χ0v) is 18.6. The fourth-order valence-corrected chi connectivity index (χ4v) is 3.95. The molecule has 2 aromatic heterocycles. The SMILES string of the molecule is Cc1cc(C)nc(SCC(=O)N/N=C\c2cc(C)n(-c3ccc(F)c(Cl)c3)c2C)n1. The molecule has 9 heteroatoms. The molecule has 0 unspecified atom stereocenters. The van der Waals surface area contributed by atoms with Gasteiger partial charge in [0, 0.05) is 34.0 Å². The van der Waals surface area contributed by atoms with Crippen LogP contribution in [0.4, 0.5) is 4.39 Å². The Morgan fingerprint density at radius 3 is 2.57 bits per heavy atom. The topological polar surface area (TPSA) is 72.2 Å². The van der Waals surface area contributed by atoms with Gasteiger partial charge in [0.2, 0.25) is 0 Å². The molecule has 0 saturated heterocycles. The Bertz CT molecular complexity index is 1110. The third kappa shape index (κ3) is 5.25. The van der Waals surface area contributed by atoms with Crippen molar-refractivity contribution in [1.29, 1.82) is 0 Å². The van der Waals surface area contributed by atoms with E-state index in [1.165, 1.54) is 17.8 Å². The van der Waals surface area contributed by atoms with Crippen LogP contribution in [0.1, 0.15) is 28.3 Å². The van der Waals surface area contributed by atoms with Crippen LogP contribution in [0.2, 0.25) is 5.02 Å². The average Bonchev–Trinajstić information content (AvgIpc) is 2.95. The van der Waals surface area contributed by atoms with E-state index in [4.69, 9.17) is 11.6 Å². The molecule has 0 fully saturated rings. The summed E-state index contributed by atoms with van der Waals surface area (Å²) in [6.45, 7) is 7.63. The standard InChI is InChI=1S/C21H21ClFN5OS/c1-12-7-13(2)26-21(25-12)30-11-20(29)27-24-10-16-8-14(3)28(15(16)4)17-5-6-19(23)18(22)9-17/h5-10H,11H2,1-4H3,(H,27,29)/b24-10-. The lowest BCUT2D eigenvalue weighted by atomic mass is 10.2. The molecule has 0 spiro atoms. The number of hydrogen-bond donors (Lipinski definition) is 1. The van der Waals surface area contributed by atoms with Gasteiger partial charge in [-0.05, 0) is 58.0 Å². The van der Waals surface area contributed by atoms with E-state index in [9.17, 15) is 9.18 Å². The van der Waals surface area contributed by atoms with Crippen LogP contribution >= 0.6 is 23.4 Å². The molecule has 0 atom stereocenters. The maximum absolute atomic E-state index is 13.5. The van der Waals surface area contributed by atoms with Crippen molar-refractivity contribution in [2.75, 3.05) is 5.75 Å². The molecule has 0 saturated carbocycles. The number of carbonyl (C=O) groups excluding carboxylic acids is 1. The summed E-state index contributed by atoms with van der Waals surface area (Å²) >= 11 is 7.17. The molecule has 30 heavy (non-hydrogen) atoms. The highest BCUT2D eigenvalue weighted by Gasteiger charge is 2.11. The summed E-state index contributed by atoms with van der Waals surface area (Å²) < 4.78 is 15.4. The van der Waals surface area contributed by atoms with E-state index in [1.807, 2.05) is 44.4 Å². The molecule has 0 bridgehead atoms. The van der Waals surface area contributed by atoms with Crippen molar-refractivity contribution in [3.8, 4) is 5.69 Å². The Morgan fingerprint density at radius 1 is 1.20 bits per heavy atom. The smallest absolute Gasteiger partial charge is 0.250 e. The minimum atomic E-state index is -0.462. The van der Waals surface area contributed by atoms with Crippen LogP contribution in [0.25, 0.3) is 5.69 Å². The van der Waals surface area contributed by atoms with Gasteiger partial charge in [-0.3, -0.25) is 4.79 Å². The number of rotatable bonds is 6. The number of hydrazone groups is 1. The summed E-state index contributed by atoms with van der Waals surface area (Å²) in [6, 6.07) is 8.38. The Labute approximate surface area is 183 Å². The monoisotopic (exact) mass is 445 g/mol. The van der Waals surface area contributed by atoms with Gasteiger partial charge in [-0.25, -0.2) is 19.8 Å². The molecule has 156 valence electrons. The predicted molar refractivity (Wildman–Crippen MR) is 118 cm³/mol. The lowest BCUT2D eigenvalue weighted by molar-refractivity contribution is -0.118. The number of aromatic nitrogens is 3. The minimum Gasteiger partial charge on any atom is -0.318 e. The van der Waals surface area contributed by atoms with Crippen molar-refractivity contribution in [2.45, 2.75) is 32.9 Å². The van der Waals surface area contributed by atoms with Crippen molar-refractivity contribution < 1.29 is 9.18 Å². The third-order valence-electron chi connectivity index (χ3n) is 4.32. The Kier molecular flexibility index (Phi) is 6.89. The first kappa shape index (κ1) is 22.0. The van der Waals surface area contributed by atoms with Crippen LogP contribution < -0.4 is 5.43 Å². The van der Waals surface area contributed by atoms with Crippen LogP contribution in [0.15, 0.2) is 40.6 Å². The van der Waals surface area contributed by atoms with Crippen molar-refractivity contribution in [2.24, 2.45) is 5.10 Å². The van der Waals surface area contributed by atoms with Gasteiger partial charge >= 0.3 is 0 Å². The summed E-state index contributed by atoms with van der Waals surface area (Å²) in [5, 5.41) is 4.68. The molecular weight excluding hydrogens is 425 g/mol. The van der Waals surface area contributed by atoms with E-state index in [0.717, 1.165) is 34.0 Å². The van der Waals surface area contributed by atoms with E-state index >= 15 is 0 Å². The molecule has 0 aliphatic rings. The first-order chi connectivity index (χ1) is 14.2. The molecular formula is C21H21ClFN5OS. The maximum Gasteiger partial charge on any atom is 0.250 e. The maximum atomic E-state index is 13.5. The van der Waals surface area contributed by atoms with Crippen molar-refractivity contribution in [3.63, 3.8) is 0 Å². The number of aryl methyl sites for hydroxylation is 3. The Hall–Kier alpha value is -2.71. The number of nitrogens with zero attached hydrogens (tertiary/aromatic N) is 4. The Balaban J connectivity index is 1.65. The number of amides is 1. The van der Waals surface area contributed by atoms with Gasteiger partial charge in [-0.1, -0.05) is 23.4 Å². The molecule has 0 radical (unpaired) electrons. The fourth-order valence-electron chi connectivity index (χ4n) is 3.03. The lowest BCUT2D eigenvalue weighted by Crippen LogP contribution is -2.19. The highest BCUT2D eigenvalue weighted by molar-refractivity contribution is 7.99. The van der Waals surface area contributed by atoms with Crippen molar-refractivity contribution in [1.82, 2.24) is 20.0 Å². The second kappa shape index (κ2) is 9.40. The van der Waals surface area contributed by atoms with Gasteiger partial charge in [0.25, 0.3) is 5.91 Å². The molecule has 2 heterocycles. The molecule has 6 nitrogen and oxygen atoms in total. The van der Waals surface area contributed by atoms with E-state index in [1.54, 1.807) is 18.3 Å². The van der Waals surface area contributed by atoms with Crippen LogP contribution in [-0.2, 0) is 4.79 Å². The molecule has 1 aromatic carbocycles. The van der Waals surface area contributed by atoms with Crippen LogP contribution in [-0.4, -0.2) is 32.4 Å². The minimum absolute atomic E-state index is 0.0627. The van der Waals surface area contributed by atoms with E-state index in [-0.39, 0.29) is 16.7 Å². The first-order valence-electron chi connectivity index (χ1n) is 9.16. The lowest BCUT2D eigenvalue weighted by Gasteiger charge is -2.10. The average molecular weight is 446 g/mol. The van der Waals surface area contributed by atoms with Gasteiger partial charge in [0.1, 0.15) is 5.82 Å². The van der Waals surface area contributed by atoms with Gasteiger partial charge in [0.05, 0.1) is 17.0 Å². The number of carbonyl (C=O) groups is 1. The second-order valence-electron chi connectivity index (χ2n) is 6.78. The highest BCUT2D eigenvalue weighted by atomic mass is 35.5. The fraction of sp³-hybridized carbons (Fsp3) is 0.238.